The lowest BCUT2D eigenvalue weighted by Crippen LogP contribution is -2.27. The zero-order chi connectivity index (χ0) is 24.0. The molecule has 0 saturated heterocycles. The van der Waals surface area contributed by atoms with Crippen LogP contribution in [0.25, 0.3) is 10.9 Å². The third-order valence-corrected chi connectivity index (χ3v) is 6.56. The van der Waals surface area contributed by atoms with E-state index in [0.29, 0.717) is 38.3 Å². The Morgan fingerprint density at radius 2 is 1.91 bits per heavy atom. The molecule has 0 bridgehead atoms. The average Bonchev–Trinajstić information content (AvgIpc) is 3.53. The van der Waals surface area contributed by atoms with Crippen molar-refractivity contribution in [2.75, 3.05) is 6.61 Å². The van der Waals surface area contributed by atoms with Crippen LogP contribution >= 0.6 is 11.3 Å². The monoisotopic (exact) mass is 486 g/mol. The highest BCUT2D eigenvalue weighted by atomic mass is 32.1. The maximum atomic E-state index is 12.9. The Kier molecular flexibility index (Phi) is 6.97. The van der Waals surface area contributed by atoms with Crippen LogP contribution in [0, 0.1) is 0 Å². The quantitative estimate of drug-likeness (QED) is 0.318. The lowest BCUT2D eigenvalue weighted by molar-refractivity contribution is 0.238. The normalized spacial score (nSPS) is 11.4. The minimum Gasteiger partial charge on any atom is -0.494 e. The van der Waals surface area contributed by atoms with E-state index in [-0.39, 0.29) is 5.56 Å². The van der Waals surface area contributed by atoms with Crippen LogP contribution in [0.2, 0.25) is 0 Å². The molecular weight excluding hydrogens is 460 g/mol. The number of hydrogen-bond donors (Lipinski definition) is 1. The molecular formula is C26H26N6O2S. The number of hydrogen-bond acceptors (Lipinski definition) is 7. The lowest BCUT2D eigenvalue weighted by atomic mass is 10.1. The Morgan fingerprint density at radius 3 is 2.71 bits per heavy atom. The first-order chi connectivity index (χ1) is 17.2. The molecule has 0 fully saturated rings. The molecule has 3 aromatic heterocycles. The average molecular weight is 487 g/mol. The predicted octanol–water partition coefficient (Wildman–Crippen LogP) is 4.23. The van der Waals surface area contributed by atoms with Crippen molar-refractivity contribution in [2.45, 2.75) is 33.1 Å². The highest BCUT2D eigenvalue weighted by Crippen LogP contribution is 2.21. The van der Waals surface area contributed by atoms with Gasteiger partial charge in [-0.2, -0.15) is 0 Å². The summed E-state index contributed by atoms with van der Waals surface area (Å²) in [6, 6.07) is 21.9. The van der Waals surface area contributed by atoms with Gasteiger partial charge in [0, 0.05) is 34.4 Å². The Bertz CT molecular complexity index is 1450. The Hall–Kier alpha value is -3.82. The summed E-state index contributed by atoms with van der Waals surface area (Å²) >= 11 is 1.69. The molecule has 35 heavy (non-hydrogen) atoms. The molecule has 3 heterocycles. The Balaban J connectivity index is 1.42. The van der Waals surface area contributed by atoms with Crippen molar-refractivity contribution in [3.63, 3.8) is 0 Å². The molecule has 1 N–H and O–H groups in total. The largest absolute Gasteiger partial charge is 0.494 e. The molecule has 5 rings (SSSR count). The van der Waals surface area contributed by atoms with Gasteiger partial charge in [0.25, 0.3) is 5.56 Å². The number of fused-ring (bicyclic) bond motifs is 1. The van der Waals surface area contributed by atoms with Crippen LogP contribution in [0.1, 0.15) is 28.8 Å². The standard InChI is InChI=1S/C26H26N6O2S/c1-2-34-22-10-11-24-20(14-22)13-21(26(33)27-24)16-31(17-23-9-6-12-35-23)18-25-28-29-30-32(25)15-19-7-4-3-5-8-19/h3-14H,2,15-18H2,1H3,(H,27,33). The van der Waals surface area contributed by atoms with Gasteiger partial charge in [-0.25, -0.2) is 4.68 Å². The summed E-state index contributed by atoms with van der Waals surface area (Å²) in [4.78, 5) is 19.4. The molecule has 0 aliphatic carbocycles. The second-order valence-corrected chi connectivity index (χ2v) is 9.30. The van der Waals surface area contributed by atoms with Gasteiger partial charge in [0.05, 0.1) is 19.7 Å². The van der Waals surface area contributed by atoms with Crippen molar-refractivity contribution in [2.24, 2.45) is 0 Å². The number of aromatic nitrogens is 5. The van der Waals surface area contributed by atoms with Crippen molar-refractivity contribution >= 4 is 22.2 Å². The van der Waals surface area contributed by atoms with E-state index < -0.39 is 0 Å². The van der Waals surface area contributed by atoms with E-state index in [1.807, 2.05) is 60.1 Å². The number of aromatic amines is 1. The lowest BCUT2D eigenvalue weighted by Gasteiger charge is -2.21. The molecule has 9 heteroatoms. The summed E-state index contributed by atoms with van der Waals surface area (Å²) in [7, 11) is 0. The summed E-state index contributed by atoms with van der Waals surface area (Å²) in [5.74, 6) is 1.54. The molecule has 0 saturated carbocycles. The second-order valence-electron chi connectivity index (χ2n) is 8.27. The number of benzene rings is 2. The fourth-order valence-corrected chi connectivity index (χ4v) is 4.80. The number of tetrazole rings is 1. The van der Waals surface area contributed by atoms with E-state index in [9.17, 15) is 4.79 Å². The molecule has 0 radical (unpaired) electrons. The van der Waals surface area contributed by atoms with Gasteiger partial charge < -0.3 is 9.72 Å². The van der Waals surface area contributed by atoms with Crippen molar-refractivity contribution in [1.29, 1.82) is 0 Å². The zero-order valence-electron chi connectivity index (χ0n) is 19.4. The van der Waals surface area contributed by atoms with Crippen LogP contribution in [0.15, 0.2) is 76.9 Å². The number of thiophene rings is 1. The molecule has 178 valence electrons. The zero-order valence-corrected chi connectivity index (χ0v) is 20.2. The van der Waals surface area contributed by atoms with Crippen LogP contribution in [0.3, 0.4) is 0 Å². The van der Waals surface area contributed by atoms with Crippen molar-refractivity contribution in [3.8, 4) is 5.75 Å². The number of nitrogens with zero attached hydrogens (tertiary/aromatic N) is 5. The maximum Gasteiger partial charge on any atom is 0.252 e. The Morgan fingerprint density at radius 1 is 1.03 bits per heavy atom. The molecule has 8 nitrogen and oxygen atoms in total. The number of H-pyrrole nitrogens is 1. The molecule has 0 aliphatic heterocycles. The molecule has 0 amide bonds. The van der Waals surface area contributed by atoms with Crippen LogP contribution in [0.5, 0.6) is 5.75 Å². The van der Waals surface area contributed by atoms with Crippen LogP contribution in [0.4, 0.5) is 0 Å². The maximum absolute atomic E-state index is 12.9. The summed E-state index contributed by atoms with van der Waals surface area (Å²) in [6.07, 6.45) is 0. The van der Waals surface area contributed by atoms with Crippen molar-refractivity contribution < 1.29 is 4.74 Å². The topological polar surface area (TPSA) is 88.9 Å². The van der Waals surface area contributed by atoms with Gasteiger partial charge in [-0.15, -0.1) is 16.4 Å². The van der Waals surface area contributed by atoms with Crippen LogP contribution in [-0.2, 0) is 26.2 Å². The molecule has 0 spiro atoms. The fraction of sp³-hybridized carbons (Fsp3) is 0.231. The molecule has 2 aromatic carbocycles. The van der Waals surface area contributed by atoms with E-state index in [1.54, 1.807) is 11.3 Å². The van der Waals surface area contributed by atoms with E-state index in [1.165, 1.54) is 4.88 Å². The van der Waals surface area contributed by atoms with Crippen LogP contribution < -0.4 is 10.3 Å². The number of nitrogens with one attached hydrogen (secondary N) is 1. The highest BCUT2D eigenvalue weighted by Gasteiger charge is 2.16. The Labute approximate surface area is 206 Å². The van der Waals surface area contributed by atoms with Crippen molar-refractivity contribution in [3.05, 3.63) is 104 Å². The summed E-state index contributed by atoms with van der Waals surface area (Å²) in [5, 5.41) is 15.4. The van der Waals surface area contributed by atoms with Gasteiger partial charge >= 0.3 is 0 Å². The number of ether oxygens (including phenoxy) is 1. The van der Waals surface area contributed by atoms with Gasteiger partial charge in [-0.3, -0.25) is 9.69 Å². The van der Waals surface area contributed by atoms with Gasteiger partial charge in [-0.1, -0.05) is 36.4 Å². The van der Waals surface area contributed by atoms with E-state index in [4.69, 9.17) is 4.74 Å². The van der Waals surface area contributed by atoms with E-state index in [2.05, 4.69) is 49.0 Å². The van der Waals surface area contributed by atoms with Gasteiger partial charge in [0.15, 0.2) is 5.82 Å². The van der Waals surface area contributed by atoms with Gasteiger partial charge in [0.1, 0.15) is 5.75 Å². The highest BCUT2D eigenvalue weighted by molar-refractivity contribution is 7.09. The van der Waals surface area contributed by atoms with E-state index in [0.717, 1.165) is 28.0 Å². The molecule has 0 aliphatic rings. The smallest absolute Gasteiger partial charge is 0.252 e. The first-order valence-corrected chi connectivity index (χ1v) is 12.4. The SMILES string of the molecule is CCOc1ccc2[nH]c(=O)c(CN(Cc3cccs3)Cc3nnnn3Cc3ccccc3)cc2c1. The van der Waals surface area contributed by atoms with Crippen molar-refractivity contribution in [1.82, 2.24) is 30.1 Å². The second kappa shape index (κ2) is 10.6. The first kappa shape index (κ1) is 22.9. The molecule has 0 unspecified atom stereocenters. The minimum absolute atomic E-state index is 0.0956. The molecule has 0 atom stereocenters. The third kappa shape index (κ3) is 5.64. The van der Waals surface area contributed by atoms with Gasteiger partial charge in [0.2, 0.25) is 0 Å². The van der Waals surface area contributed by atoms with Crippen LogP contribution in [-0.4, -0.2) is 36.7 Å². The minimum atomic E-state index is -0.0956. The third-order valence-electron chi connectivity index (χ3n) is 5.70. The van der Waals surface area contributed by atoms with E-state index >= 15 is 0 Å². The molecule has 5 aromatic rings. The number of rotatable bonds is 10. The summed E-state index contributed by atoms with van der Waals surface area (Å²) in [6.45, 7) is 4.79. The fourth-order valence-electron chi connectivity index (χ4n) is 4.05. The number of pyridine rings is 1. The summed E-state index contributed by atoms with van der Waals surface area (Å²) < 4.78 is 7.46. The first-order valence-electron chi connectivity index (χ1n) is 11.5. The summed E-state index contributed by atoms with van der Waals surface area (Å²) in [5.41, 5.74) is 2.51. The predicted molar refractivity (Wildman–Crippen MR) is 136 cm³/mol. The van der Waals surface area contributed by atoms with Gasteiger partial charge in [-0.05, 0) is 58.6 Å².